The highest BCUT2D eigenvalue weighted by molar-refractivity contribution is 5.39. The Morgan fingerprint density at radius 2 is 1.83 bits per heavy atom. The summed E-state index contributed by atoms with van der Waals surface area (Å²) in [5.41, 5.74) is 4.04. The fraction of sp³-hybridized carbons (Fsp3) is 0.636. The minimum atomic E-state index is 0.539. The Labute approximate surface area is 75.8 Å². The van der Waals surface area contributed by atoms with Gasteiger partial charge in [-0.3, -0.25) is 0 Å². The average Bonchev–Trinajstić information content (AvgIpc) is 2.16. The molecule has 1 nitrogen and oxygen atoms in total. The first-order chi connectivity index (χ1) is 5.46. The Kier molecular flexibility index (Phi) is 2.31. The number of rotatable bonds is 1. The summed E-state index contributed by atoms with van der Waals surface area (Å²) < 4.78 is 0. The molecule has 1 aliphatic heterocycles. The molecule has 1 rings (SSSR count). The summed E-state index contributed by atoms with van der Waals surface area (Å²) in [5, 5.41) is 0. The molecule has 0 aromatic heterocycles. The van der Waals surface area contributed by atoms with Gasteiger partial charge in [0.25, 0.3) is 0 Å². The van der Waals surface area contributed by atoms with Crippen LogP contribution in [0.3, 0.4) is 0 Å². The molecule has 68 valence electrons. The second-order valence-electron chi connectivity index (χ2n) is 3.93. The minimum Gasteiger partial charge on any atom is -0.363 e. The van der Waals surface area contributed by atoms with Crippen LogP contribution in [0.4, 0.5) is 0 Å². The monoisotopic (exact) mass is 165 g/mol. The van der Waals surface area contributed by atoms with Gasteiger partial charge in [0.15, 0.2) is 0 Å². The zero-order chi connectivity index (χ0) is 9.46. The Bertz CT molecular complexity index is 235. The fourth-order valence-electron chi connectivity index (χ4n) is 1.94. The van der Waals surface area contributed by atoms with Gasteiger partial charge in [-0.25, -0.2) is 0 Å². The molecule has 0 fully saturated rings. The zero-order valence-corrected chi connectivity index (χ0v) is 8.81. The van der Waals surface area contributed by atoms with Gasteiger partial charge >= 0.3 is 0 Å². The smallest absolute Gasteiger partial charge is 0.0480 e. The SMILES string of the molecule is C=C1C(C)=C(C)C(C)N1C(C)C. The predicted octanol–water partition coefficient (Wildman–Crippen LogP) is 2.95. The van der Waals surface area contributed by atoms with Crippen LogP contribution >= 0.6 is 0 Å². The summed E-state index contributed by atoms with van der Waals surface area (Å²) in [6.07, 6.45) is 0. The molecule has 1 unspecified atom stereocenters. The first-order valence-electron chi connectivity index (χ1n) is 4.61. The van der Waals surface area contributed by atoms with Crippen molar-refractivity contribution in [1.82, 2.24) is 4.90 Å². The summed E-state index contributed by atoms with van der Waals surface area (Å²) in [6.45, 7) is 15.2. The van der Waals surface area contributed by atoms with Gasteiger partial charge in [0.05, 0.1) is 0 Å². The van der Waals surface area contributed by atoms with E-state index in [0.717, 1.165) is 0 Å². The molecule has 12 heavy (non-hydrogen) atoms. The lowest BCUT2D eigenvalue weighted by atomic mass is 10.1. The molecule has 1 aliphatic rings. The summed E-state index contributed by atoms with van der Waals surface area (Å²) in [4.78, 5) is 2.38. The van der Waals surface area contributed by atoms with Gasteiger partial charge in [0.2, 0.25) is 0 Å². The van der Waals surface area contributed by atoms with E-state index in [4.69, 9.17) is 0 Å². The first-order valence-corrected chi connectivity index (χ1v) is 4.61. The molecule has 0 radical (unpaired) electrons. The van der Waals surface area contributed by atoms with Crippen LogP contribution in [0.25, 0.3) is 0 Å². The van der Waals surface area contributed by atoms with E-state index in [1.54, 1.807) is 0 Å². The average molecular weight is 165 g/mol. The van der Waals surface area contributed by atoms with E-state index in [9.17, 15) is 0 Å². The third-order valence-corrected chi connectivity index (χ3v) is 2.94. The molecular formula is C11H19N. The molecular weight excluding hydrogens is 146 g/mol. The van der Waals surface area contributed by atoms with Gasteiger partial charge in [0.1, 0.15) is 0 Å². The Hall–Kier alpha value is -0.720. The topological polar surface area (TPSA) is 3.24 Å². The molecule has 0 N–H and O–H groups in total. The van der Waals surface area contributed by atoms with Gasteiger partial charge in [-0.2, -0.15) is 0 Å². The quantitative estimate of drug-likeness (QED) is 0.577. The third-order valence-electron chi connectivity index (χ3n) is 2.94. The maximum Gasteiger partial charge on any atom is 0.0480 e. The molecule has 0 aromatic carbocycles. The molecule has 0 aliphatic carbocycles. The molecule has 0 spiro atoms. The van der Waals surface area contributed by atoms with Crippen molar-refractivity contribution < 1.29 is 0 Å². The molecule has 1 atom stereocenters. The molecule has 1 heteroatoms. The van der Waals surface area contributed by atoms with E-state index in [-0.39, 0.29) is 0 Å². The third kappa shape index (κ3) is 1.17. The van der Waals surface area contributed by atoms with Crippen LogP contribution in [-0.4, -0.2) is 17.0 Å². The highest BCUT2D eigenvalue weighted by atomic mass is 15.2. The maximum atomic E-state index is 4.11. The number of nitrogens with zero attached hydrogens (tertiary/aromatic N) is 1. The van der Waals surface area contributed by atoms with Crippen LogP contribution in [0.2, 0.25) is 0 Å². The van der Waals surface area contributed by atoms with E-state index in [2.05, 4.69) is 46.1 Å². The number of hydrogen-bond acceptors (Lipinski definition) is 1. The second-order valence-corrected chi connectivity index (χ2v) is 3.93. The lowest BCUT2D eigenvalue weighted by Crippen LogP contribution is -2.33. The predicted molar refractivity (Wildman–Crippen MR) is 54.0 cm³/mol. The van der Waals surface area contributed by atoms with Gasteiger partial charge in [-0.15, -0.1) is 0 Å². The van der Waals surface area contributed by atoms with Crippen LogP contribution in [0, 0.1) is 0 Å². The maximum absolute atomic E-state index is 4.11. The summed E-state index contributed by atoms with van der Waals surface area (Å²) in [5.74, 6) is 0. The van der Waals surface area contributed by atoms with E-state index in [1.807, 2.05) is 0 Å². The second kappa shape index (κ2) is 2.96. The molecule has 0 aromatic rings. The van der Waals surface area contributed by atoms with E-state index < -0.39 is 0 Å². The Morgan fingerprint density at radius 1 is 1.33 bits per heavy atom. The first kappa shape index (κ1) is 9.37. The minimum absolute atomic E-state index is 0.539. The van der Waals surface area contributed by atoms with Crippen molar-refractivity contribution in [2.75, 3.05) is 0 Å². The fourth-order valence-corrected chi connectivity index (χ4v) is 1.94. The van der Waals surface area contributed by atoms with Crippen LogP contribution in [0.1, 0.15) is 34.6 Å². The molecule has 1 heterocycles. The van der Waals surface area contributed by atoms with Crippen LogP contribution in [0.5, 0.6) is 0 Å². The van der Waals surface area contributed by atoms with Gasteiger partial charge in [0, 0.05) is 17.8 Å². The van der Waals surface area contributed by atoms with Gasteiger partial charge < -0.3 is 4.90 Å². The number of hydrogen-bond donors (Lipinski definition) is 0. The van der Waals surface area contributed by atoms with Crippen molar-refractivity contribution in [1.29, 1.82) is 0 Å². The molecule has 0 bridgehead atoms. The Morgan fingerprint density at radius 3 is 2.00 bits per heavy atom. The van der Waals surface area contributed by atoms with Crippen molar-refractivity contribution >= 4 is 0 Å². The Balaban J connectivity index is 2.95. The van der Waals surface area contributed by atoms with Crippen molar-refractivity contribution in [3.8, 4) is 0 Å². The van der Waals surface area contributed by atoms with Crippen molar-refractivity contribution in [2.45, 2.75) is 46.7 Å². The van der Waals surface area contributed by atoms with Crippen LogP contribution < -0.4 is 0 Å². The van der Waals surface area contributed by atoms with Crippen molar-refractivity contribution in [2.24, 2.45) is 0 Å². The zero-order valence-electron chi connectivity index (χ0n) is 8.81. The molecule has 0 amide bonds. The lowest BCUT2D eigenvalue weighted by Gasteiger charge is -2.30. The van der Waals surface area contributed by atoms with E-state index >= 15 is 0 Å². The summed E-state index contributed by atoms with van der Waals surface area (Å²) >= 11 is 0. The van der Waals surface area contributed by atoms with E-state index in [0.29, 0.717) is 12.1 Å². The number of allylic oxidation sites excluding steroid dienone is 1. The highest BCUT2D eigenvalue weighted by Crippen LogP contribution is 2.33. The normalized spacial score (nSPS) is 24.7. The van der Waals surface area contributed by atoms with Gasteiger partial charge in [-0.1, -0.05) is 6.58 Å². The lowest BCUT2D eigenvalue weighted by molar-refractivity contribution is 0.266. The summed E-state index contributed by atoms with van der Waals surface area (Å²) in [7, 11) is 0. The molecule has 0 saturated heterocycles. The summed E-state index contributed by atoms with van der Waals surface area (Å²) in [6, 6.07) is 1.09. The van der Waals surface area contributed by atoms with Crippen molar-refractivity contribution in [3.05, 3.63) is 23.4 Å². The van der Waals surface area contributed by atoms with E-state index in [1.165, 1.54) is 16.8 Å². The van der Waals surface area contributed by atoms with Crippen LogP contribution in [-0.2, 0) is 0 Å². The van der Waals surface area contributed by atoms with Crippen molar-refractivity contribution in [3.63, 3.8) is 0 Å². The standard InChI is InChI=1S/C11H19N/c1-7(2)12-10(5)8(3)9(4)11(12)6/h7,11H,5H2,1-4,6H3. The van der Waals surface area contributed by atoms with Gasteiger partial charge in [-0.05, 0) is 45.8 Å². The highest BCUT2D eigenvalue weighted by Gasteiger charge is 2.28. The van der Waals surface area contributed by atoms with Crippen LogP contribution in [0.15, 0.2) is 23.4 Å². The largest absolute Gasteiger partial charge is 0.363 e. The molecule has 0 saturated carbocycles.